The van der Waals surface area contributed by atoms with E-state index < -0.39 is 0 Å². The molecule has 0 aliphatic carbocycles. The van der Waals surface area contributed by atoms with E-state index in [2.05, 4.69) is 23.4 Å². The summed E-state index contributed by atoms with van der Waals surface area (Å²) < 4.78 is 16.6. The average Bonchev–Trinajstić information content (AvgIpc) is 2.75. The highest BCUT2D eigenvalue weighted by Crippen LogP contribution is 2.31. The van der Waals surface area contributed by atoms with Gasteiger partial charge in [-0.2, -0.15) is 0 Å². The number of hydrogen-bond donors (Lipinski definition) is 0. The summed E-state index contributed by atoms with van der Waals surface area (Å²) in [6, 6.07) is 3.64. The Hall–Kier alpha value is -0.360. The molecule has 1 heterocycles. The van der Waals surface area contributed by atoms with Crippen LogP contribution in [-0.2, 0) is 0 Å². The summed E-state index contributed by atoms with van der Waals surface area (Å²) in [7, 11) is 0. The Bertz CT molecular complexity index is 609. The predicted molar refractivity (Wildman–Crippen MR) is 90.9 cm³/mol. The molecule has 1 aromatic heterocycles. The van der Waals surface area contributed by atoms with Gasteiger partial charge in [-0.25, -0.2) is 9.37 Å². The van der Waals surface area contributed by atoms with Gasteiger partial charge < -0.3 is 4.57 Å². The monoisotopic (exact) mass is 408 g/mol. The molecule has 0 bridgehead atoms. The van der Waals surface area contributed by atoms with Gasteiger partial charge in [-0.3, -0.25) is 0 Å². The third-order valence-corrected chi connectivity index (χ3v) is 4.55. The molecule has 2 atom stereocenters. The first-order chi connectivity index (χ1) is 9.45. The molecule has 0 amide bonds. The molecule has 2 aromatic rings. The molecule has 5 heteroatoms. The summed E-state index contributed by atoms with van der Waals surface area (Å²) >= 11 is 8.25. The van der Waals surface area contributed by atoms with Gasteiger partial charge in [0, 0.05) is 12.1 Å². The van der Waals surface area contributed by atoms with Gasteiger partial charge in [0.2, 0.25) is 0 Å². The van der Waals surface area contributed by atoms with Crippen molar-refractivity contribution in [3.05, 3.63) is 27.3 Å². The largest absolute Gasteiger partial charge is 0.324 e. The van der Waals surface area contributed by atoms with Crippen LogP contribution in [0.3, 0.4) is 0 Å². The van der Waals surface area contributed by atoms with E-state index in [-0.39, 0.29) is 17.2 Å². The normalized spacial score (nSPS) is 14.7. The smallest absolute Gasteiger partial charge is 0.138 e. The number of rotatable bonds is 5. The maximum atomic E-state index is 13.9. The van der Waals surface area contributed by atoms with Crippen molar-refractivity contribution in [3.8, 4) is 0 Å². The number of benzene rings is 1. The van der Waals surface area contributed by atoms with Crippen LogP contribution in [0.25, 0.3) is 11.0 Å². The number of imidazole rings is 1. The van der Waals surface area contributed by atoms with Crippen LogP contribution in [-0.4, -0.2) is 9.55 Å². The zero-order valence-electron chi connectivity index (χ0n) is 12.0. The third-order valence-electron chi connectivity index (χ3n) is 3.53. The molecule has 0 saturated heterocycles. The Kier molecular flexibility index (Phi) is 5.29. The summed E-state index contributed by atoms with van der Waals surface area (Å²) in [6.07, 6.45) is 3.34. The van der Waals surface area contributed by atoms with Crippen LogP contribution in [0, 0.1) is 9.39 Å². The number of aromatic nitrogens is 2. The van der Waals surface area contributed by atoms with Crippen LogP contribution in [0.4, 0.5) is 4.39 Å². The van der Waals surface area contributed by atoms with Gasteiger partial charge in [0.05, 0.1) is 20.0 Å². The lowest BCUT2D eigenvalue weighted by Gasteiger charge is -2.18. The van der Waals surface area contributed by atoms with Crippen LogP contribution < -0.4 is 0 Å². The first-order valence-corrected chi connectivity index (χ1v) is 8.48. The first kappa shape index (κ1) is 16.0. The molecule has 0 fully saturated rings. The van der Waals surface area contributed by atoms with Gasteiger partial charge >= 0.3 is 0 Å². The van der Waals surface area contributed by atoms with Crippen molar-refractivity contribution in [2.75, 3.05) is 0 Å². The summed E-state index contributed by atoms with van der Waals surface area (Å²) in [5.41, 5.74) is 1.66. The zero-order chi connectivity index (χ0) is 14.9. The van der Waals surface area contributed by atoms with Crippen LogP contribution in [0.2, 0.25) is 0 Å². The van der Waals surface area contributed by atoms with Crippen LogP contribution in [0.5, 0.6) is 0 Å². The molecule has 1 aromatic carbocycles. The molecule has 2 rings (SSSR count). The molecule has 0 aliphatic heterocycles. The second-order valence-electron chi connectivity index (χ2n) is 5.20. The molecule has 0 saturated carbocycles. The van der Waals surface area contributed by atoms with E-state index in [9.17, 15) is 4.39 Å². The van der Waals surface area contributed by atoms with Crippen molar-refractivity contribution >= 4 is 45.2 Å². The van der Waals surface area contributed by atoms with E-state index in [1.54, 1.807) is 12.1 Å². The van der Waals surface area contributed by atoms with E-state index in [0.29, 0.717) is 3.57 Å². The Morgan fingerprint density at radius 1 is 1.40 bits per heavy atom. The van der Waals surface area contributed by atoms with Crippen molar-refractivity contribution < 1.29 is 4.39 Å². The maximum Gasteiger partial charge on any atom is 0.138 e. The van der Waals surface area contributed by atoms with Crippen molar-refractivity contribution in [1.29, 1.82) is 0 Å². The van der Waals surface area contributed by atoms with Gasteiger partial charge in [-0.15, -0.1) is 11.6 Å². The Morgan fingerprint density at radius 2 is 2.10 bits per heavy atom. The molecule has 2 nitrogen and oxygen atoms in total. The minimum atomic E-state index is -0.198. The Labute approximate surface area is 137 Å². The fraction of sp³-hybridized carbons (Fsp3) is 0.533. The van der Waals surface area contributed by atoms with Gasteiger partial charge in [0.1, 0.15) is 11.6 Å². The van der Waals surface area contributed by atoms with E-state index >= 15 is 0 Å². The lowest BCUT2D eigenvalue weighted by atomic mass is 10.1. The molecule has 0 aliphatic rings. The third kappa shape index (κ3) is 3.11. The highest BCUT2D eigenvalue weighted by molar-refractivity contribution is 14.1. The molecule has 0 N–H and O–H groups in total. The highest BCUT2D eigenvalue weighted by Gasteiger charge is 2.20. The number of halogens is 3. The zero-order valence-corrected chi connectivity index (χ0v) is 14.9. The van der Waals surface area contributed by atoms with E-state index in [0.717, 1.165) is 36.1 Å². The molecule has 0 spiro atoms. The minimum Gasteiger partial charge on any atom is -0.324 e. The molecule has 0 radical (unpaired) electrons. The van der Waals surface area contributed by atoms with Crippen molar-refractivity contribution in [1.82, 2.24) is 9.55 Å². The molecule has 20 heavy (non-hydrogen) atoms. The van der Waals surface area contributed by atoms with Gasteiger partial charge in [0.25, 0.3) is 0 Å². The van der Waals surface area contributed by atoms with Crippen molar-refractivity contribution in [3.63, 3.8) is 0 Å². The van der Waals surface area contributed by atoms with Crippen molar-refractivity contribution in [2.45, 2.75) is 51.5 Å². The van der Waals surface area contributed by atoms with Gasteiger partial charge in [-0.05, 0) is 48.9 Å². The summed E-state index contributed by atoms with van der Waals surface area (Å²) in [5.74, 6) is 0.627. The number of fused-ring (bicyclic) bond motifs is 1. The standard InChI is InChI=1S/C15H19ClFIN2/c1-4-5-6-9(2)20-14-7-11(17)12(18)8-13(14)19-15(20)10(3)16/h7-10H,4-6H2,1-3H3. The van der Waals surface area contributed by atoms with Gasteiger partial charge in [0.15, 0.2) is 0 Å². The SMILES string of the molecule is CCCCC(C)n1c(C(C)Cl)nc2cc(I)c(F)cc21. The summed E-state index contributed by atoms with van der Waals surface area (Å²) in [5, 5.41) is -0.188. The second-order valence-corrected chi connectivity index (χ2v) is 7.02. The number of unbranched alkanes of at least 4 members (excludes halogenated alkanes) is 1. The summed E-state index contributed by atoms with van der Waals surface area (Å²) in [6.45, 7) is 6.23. The fourth-order valence-electron chi connectivity index (χ4n) is 2.48. The lowest BCUT2D eigenvalue weighted by molar-refractivity contribution is 0.479. The predicted octanol–water partition coefficient (Wildman–Crippen LogP) is 5.83. The van der Waals surface area contributed by atoms with E-state index in [1.165, 1.54) is 0 Å². The Morgan fingerprint density at radius 3 is 2.70 bits per heavy atom. The first-order valence-electron chi connectivity index (χ1n) is 6.96. The van der Waals surface area contributed by atoms with Crippen molar-refractivity contribution in [2.24, 2.45) is 0 Å². The number of hydrogen-bond acceptors (Lipinski definition) is 1. The molecular weight excluding hydrogens is 390 g/mol. The van der Waals surface area contributed by atoms with E-state index in [4.69, 9.17) is 11.6 Å². The maximum absolute atomic E-state index is 13.9. The average molecular weight is 409 g/mol. The highest BCUT2D eigenvalue weighted by atomic mass is 127. The number of alkyl halides is 1. The molecule has 2 unspecified atom stereocenters. The quantitative estimate of drug-likeness (QED) is 0.449. The van der Waals surface area contributed by atoms with E-state index in [1.807, 2.05) is 29.5 Å². The topological polar surface area (TPSA) is 17.8 Å². The molecule has 110 valence electrons. The second kappa shape index (κ2) is 6.60. The van der Waals surface area contributed by atoms with Gasteiger partial charge in [-0.1, -0.05) is 19.8 Å². The van der Waals surface area contributed by atoms with Crippen LogP contribution in [0.15, 0.2) is 12.1 Å². The minimum absolute atomic E-state index is 0.188. The molecular formula is C15H19ClFIN2. The number of nitrogens with zero attached hydrogens (tertiary/aromatic N) is 2. The Balaban J connectivity index is 2.58. The lowest BCUT2D eigenvalue weighted by Crippen LogP contribution is -2.10. The fourth-order valence-corrected chi connectivity index (χ4v) is 3.09. The van der Waals surface area contributed by atoms with Crippen LogP contribution >= 0.6 is 34.2 Å². The summed E-state index contributed by atoms with van der Waals surface area (Å²) in [4.78, 5) is 4.60. The van der Waals surface area contributed by atoms with Crippen LogP contribution in [0.1, 0.15) is 57.3 Å².